The Morgan fingerprint density at radius 2 is 1.90 bits per heavy atom. The Balaban J connectivity index is 2.06. The summed E-state index contributed by atoms with van der Waals surface area (Å²) in [5.74, 6) is -0.573. The Bertz CT molecular complexity index is 898. The molecule has 154 valence electrons. The van der Waals surface area contributed by atoms with E-state index in [9.17, 15) is 19.7 Å². The van der Waals surface area contributed by atoms with Gasteiger partial charge in [0.2, 0.25) is 0 Å². The minimum atomic E-state index is -1.18. The SMILES string of the molecule is CCCOc1ccc(C(=O)O[C@@H](C)C(=O)Nc2ccccc2[N+](=O)[O-])cc1OC. The highest BCUT2D eigenvalue weighted by atomic mass is 16.6. The summed E-state index contributed by atoms with van der Waals surface area (Å²) >= 11 is 0. The molecule has 0 heterocycles. The monoisotopic (exact) mass is 402 g/mol. The number of anilines is 1. The van der Waals surface area contributed by atoms with Crippen molar-refractivity contribution in [2.24, 2.45) is 0 Å². The molecule has 0 aliphatic heterocycles. The summed E-state index contributed by atoms with van der Waals surface area (Å²) < 4.78 is 15.9. The lowest BCUT2D eigenvalue weighted by Crippen LogP contribution is -2.30. The fourth-order valence-corrected chi connectivity index (χ4v) is 2.38. The van der Waals surface area contributed by atoms with Crippen LogP contribution in [0.1, 0.15) is 30.6 Å². The molecular weight excluding hydrogens is 380 g/mol. The lowest BCUT2D eigenvalue weighted by atomic mass is 10.2. The predicted molar refractivity (Wildman–Crippen MR) is 105 cm³/mol. The van der Waals surface area contributed by atoms with Crippen molar-refractivity contribution in [1.29, 1.82) is 0 Å². The van der Waals surface area contributed by atoms with Crippen LogP contribution < -0.4 is 14.8 Å². The quantitative estimate of drug-likeness (QED) is 0.387. The Morgan fingerprint density at radius 1 is 1.17 bits per heavy atom. The number of carbonyl (C=O) groups excluding carboxylic acids is 2. The van der Waals surface area contributed by atoms with Crippen molar-refractivity contribution in [2.45, 2.75) is 26.4 Å². The molecule has 9 heteroatoms. The first-order valence-electron chi connectivity index (χ1n) is 8.93. The van der Waals surface area contributed by atoms with Crippen LogP contribution in [-0.4, -0.2) is 36.6 Å². The summed E-state index contributed by atoms with van der Waals surface area (Å²) in [6, 6.07) is 10.2. The van der Waals surface area contributed by atoms with Gasteiger partial charge in [-0.3, -0.25) is 14.9 Å². The number of benzene rings is 2. The van der Waals surface area contributed by atoms with E-state index < -0.39 is 22.9 Å². The molecule has 0 aliphatic rings. The van der Waals surface area contributed by atoms with Crippen LogP contribution in [0.2, 0.25) is 0 Å². The molecule has 0 unspecified atom stereocenters. The summed E-state index contributed by atoms with van der Waals surface area (Å²) in [5, 5.41) is 13.4. The summed E-state index contributed by atoms with van der Waals surface area (Å²) in [6.45, 7) is 3.84. The van der Waals surface area contributed by atoms with Crippen molar-refractivity contribution in [3.05, 3.63) is 58.1 Å². The van der Waals surface area contributed by atoms with Gasteiger partial charge in [-0.15, -0.1) is 0 Å². The van der Waals surface area contributed by atoms with Crippen LogP contribution in [-0.2, 0) is 9.53 Å². The molecule has 1 N–H and O–H groups in total. The highest BCUT2D eigenvalue weighted by Crippen LogP contribution is 2.29. The molecule has 2 rings (SSSR count). The van der Waals surface area contributed by atoms with Crippen LogP contribution in [0.5, 0.6) is 11.5 Å². The standard InChI is InChI=1S/C20H22N2O7/c1-4-11-28-17-10-9-14(12-18(17)27-3)20(24)29-13(2)19(23)21-15-7-5-6-8-16(15)22(25)26/h5-10,12-13H,4,11H2,1-3H3,(H,21,23)/t13-/m0/s1. The van der Waals surface area contributed by atoms with Gasteiger partial charge < -0.3 is 19.5 Å². The number of carbonyl (C=O) groups is 2. The summed E-state index contributed by atoms with van der Waals surface area (Å²) in [6.07, 6.45) is -0.358. The molecular formula is C20H22N2O7. The number of nitro benzene ring substituents is 1. The van der Waals surface area contributed by atoms with Gasteiger partial charge in [0.15, 0.2) is 17.6 Å². The molecule has 1 atom stereocenters. The maximum Gasteiger partial charge on any atom is 0.339 e. The van der Waals surface area contributed by atoms with Gasteiger partial charge in [-0.25, -0.2) is 4.79 Å². The van der Waals surface area contributed by atoms with Gasteiger partial charge in [-0.05, 0) is 37.6 Å². The Kier molecular flexibility index (Phi) is 7.53. The molecule has 0 aliphatic carbocycles. The third-order valence-corrected chi connectivity index (χ3v) is 3.87. The Labute approximate surface area is 167 Å². The second kappa shape index (κ2) is 10.1. The average Bonchev–Trinajstić information content (AvgIpc) is 2.72. The van der Waals surface area contributed by atoms with Gasteiger partial charge in [0, 0.05) is 6.07 Å². The van der Waals surface area contributed by atoms with E-state index >= 15 is 0 Å². The largest absolute Gasteiger partial charge is 0.493 e. The first-order valence-corrected chi connectivity index (χ1v) is 8.93. The van der Waals surface area contributed by atoms with E-state index in [1.165, 1.54) is 44.4 Å². The van der Waals surface area contributed by atoms with Gasteiger partial charge in [0.05, 0.1) is 24.2 Å². The van der Waals surface area contributed by atoms with E-state index in [0.717, 1.165) is 6.42 Å². The molecule has 2 aromatic rings. The van der Waals surface area contributed by atoms with Gasteiger partial charge in [0.1, 0.15) is 5.69 Å². The van der Waals surface area contributed by atoms with Gasteiger partial charge in [0.25, 0.3) is 11.6 Å². The normalized spacial score (nSPS) is 11.3. The van der Waals surface area contributed by atoms with E-state index in [1.807, 2.05) is 6.92 Å². The fourth-order valence-electron chi connectivity index (χ4n) is 2.38. The number of amides is 1. The van der Waals surface area contributed by atoms with E-state index in [0.29, 0.717) is 18.1 Å². The van der Waals surface area contributed by atoms with Crippen LogP contribution in [0.15, 0.2) is 42.5 Å². The lowest BCUT2D eigenvalue weighted by Gasteiger charge is -2.15. The van der Waals surface area contributed by atoms with Gasteiger partial charge in [-0.2, -0.15) is 0 Å². The number of methoxy groups -OCH3 is 1. The molecule has 0 fully saturated rings. The molecule has 2 aromatic carbocycles. The average molecular weight is 402 g/mol. The van der Waals surface area contributed by atoms with Gasteiger partial charge in [-0.1, -0.05) is 19.1 Å². The predicted octanol–water partition coefficient (Wildman–Crippen LogP) is 3.58. The topological polar surface area (TPSA) is 117 Å². The molecule has 0 bridgehead atoms. The molecule has 0 aromatic heterocycles. The van der Waals surface area contributed by atoms with Crippen molar-refractivity contribution < 1.29 is 28.7 Å². The number of nitrogens with one attached hydrogen (secondary N) is 1. The highest BCUT2D eigenvalue weighted by Gasteiger charge is 2.23. The number of esters is 1. The van der Waals surface area contributed by atoms with Crippen molar-refractivity contribution in [3.63, 3.8) is 0 Å². The smallest absolute Gasteiger partial charge is 0.339 e. The minimum absolute atomic E-state index is 0.0181. The second-order valence-corrected chi connectivity index (χ2v) is 6.03. The van der Waals surface area contributed by atoms with Crippen molar-refractivity contribution in [1.82, 2.24) is 0 Å². The molecule has 0 saturated heterocycles. The first kappa shape index (κ1) is 21.7. The maximum absolute atomic E-state index is 12.4. The third kappa shape index (κ3) is 5.68. The van der Waals surface area contributed by atoms with Crippen LogP contribution in [0.3, 0.4) is 0 Å². The number of hydrogen-bond acceptors (Lipinski definition) is 7. The molecule has 1 amide bonds. The molecule has 29 heavy (non-hydrogen) atoms. The Hall–Kier alpha value is -3.62. The van der Waals surface area contributed by atoms with Crippen LogP contribution in [0.25, 0.3) is 0 Å². The van der Waals surface area contributed by atoms with Crippen LogP contribution in [0.4, 0.5) is 11.4 Å². The second-order valence-electron chi connectivity index (χ2n) is 6.03. The summed E-state index contributed by atoms with van der Waals surface area (Å²) in [7, 11) is 1.45. The maximum atomic E-state index is 12.4. The Morgan fingerprint density at radius 3 is 2.55 bits per heavy atom. The number of para-hydroxylation sites is 2. The van der Waals surface area contributed by atoms with Crippen LogP contribution in [0, 0.1) is 10.1 Å². The van der Waals surface area contributed by atoms with E-state index in [2.05, 4.69) is 5.32 Å². The molecule has 0 saturated carbocycles. The molecule has 0 radical (unpaired) electrons. The van der Waals surface area contributed by atoms with E-state index in [-0.39, 0.29) is 16.9 Å². The van der Waals surface area contributed by atoms with Crippen molar-refractivity contribution in [2.75, 3.05) is 19.0 Å². The zero-order valence-corrected chi connectivity index (χ0v) is 16.3. The number of ether oxygens (including phenoxy) is 3. The van der Waals surface area contributed by atoms with Crippen LogP contribution >= 0.6 is 0 Å². The van der Waals surface area contributed by atoms with E-state index in [1.54, 1.807) is 12.1 Å². The van der Waals surface area contributed by atoms with Crippen molar-refractivity contribution in [3.8, 4) is 11.5 Å². The summed E-state index contributed by atoms with van der Waals surface area (Å²) in [4.78, 5) is 35.1. The fraction of sp³-hybridized carbons (Fsp3) is 0.300. The minimum Gasteiger partial charge on any atom is -0.493 e. The number of nitrogens with zero attached hydrogens (tertiary/aromatic N) is 1. The highest BCUT2D eigenvalue weighted by molar-refractivity contribution is 5.98. The molecule has 9 nitrogen and oxygen atoms in total. The third-order valence-electron chi connectivity index (χ3n) is 3.87. The van der Waals surface area contributed by atoms with E-state index in [4.69, 9.17) is 14.2 Å². The number of rotatable bonds is 9. The first-order chi connectivity index (χ1) is 13.9. The van der Waals surface area contributed by atoms with Gasteiger partial charge >= 0.3 is 5.97 Å². The number of hydrogen-bond donors (Lipinski definition) is 1. The zero-order chi connectivity index (χ0) is 21.4. The summed E-state index contributed by atoms with van der Waals surface area (Å²) in [5.41, 5.74) is -0.0627. The number of nitro groups is 1. The zero-order valence-electron chi connectivity index (χ0n) is 16.3. The molecule has 0 spiro atoms. The van der Waals surface area contributed by atoms with Crippen molar-refractivity contribution >= 4 is 23.3 Å². The lowest BCUT2D eigenvalue weighted by molar-refractivity contribution is -0.383.